The van der Waals surface area contributed by atoms with Gasteiger partial charge in [-0.1, -0.05) is 65.9 Å². The first-order valence-corrected chi connectivity index (χ1v) is 11.6. The summed E-state index contributed by atoms with van der Waals surface area (Å²) in [5.41, 5.74) is 1.99. The van der Waals surface area contributed by atoms with E-state index in [9.17, 15) is 4.79 Å². The maximum absolute atomic E-state index is 12.6. The molecular formula is C25H26N4O2S. The summed E-state index contributed by atoms with van der Waals surface area (Å²) in [5, 5.41) is 14.5. The van der Waals surface area contributed by atoms with Crippen LogP contribution in [0.3, 0.4) is 0 Å². The lowest BCUT2D eigenvalue weighted by molar-refractivity contribution is -0.113. The van der Waals surface area contributed by atoms with Crippen molar-refractivity contribution < 1.29 is 9.53 Å². The zero-order valence-corrected chi connectivity index (χ0v) is 19.2. The second-order valence-corrected chi connectivity index (χ2v) is 8.46. The molecule has 7 heteroatoms. The fourth-order valence-corrected chi connectivity index (χ4v) is 4.34. The number of anilines is 1. The van der Waals surface area contributed by atoms with Gasteiger partial charge in [0, 0.05) is 17.6 Å². The van der Waals surface area contributed by atoms with Crippen molar-refractivity contribution in [2.24, 2.45) is 0 Å². The van der Waals surface area contributed by atoms with E-state index in [-0.39, 0.29) is 17.8 Å². The molecule has 0 saturated heterocycles. The Bertz CT molecular complexity index is 1220. The van der Waals surface area contributed by atoms with Crippen LogP contribution in [0, 0.1) is 6.92 Å². The van der Waals surface area contributed by atoms with Crippen LogP contribution in [0.1, 0.15) is 31.3 Å². The topological polar surface area (TPSA) is 69.0 Å². The average molecular weight is 447 g/mol. The van der Waals surface area contributed by atoms with Gasteiger partial charge in [0.2, 0.25) is 5.91 Å². The van der Waals surface area contributed by atoms with Crippen LogP contribution in [0.4, 0.5) is 5.69 Å². The molecular weight excluding hydrogens is 420 g/mol. The van der Waals surface area contributed by atoms with Gasteiger partial charge in [-0.3, -0.25) is 4.79 Å². The second-order valence-electron chi connectivity index (χ2n) is 7.52. The summed E-state index contributed by atoms with van der Waals surface area (Å²) in [6, 6.07) is 21.8. The Kier molecular flexibility index (Phi) is 6.75. The van der Waals surface area contributed by atoms with E-state index >= 15 is 0 Å². The van der Waals surface area contributed by atoms with Crippen LogP contribution in [-0.4, -0.2) is 26.4 Å². The van der Waals surface area contributed by atoms with Crippen LogP contribution < -0.4 is 10.1 Å². The summed E-state index contributed by atoms with van der Waals surface area (Å²) in [4.78, 5) is 12.6. The van der Waals surface area contributed by atoms with Crippen LogP contribution in [0.25, 0.3) is 10.8 Å². The van der Waals surface area contributed by atoms with Gasteiger partial charge < -0.3 is 14.6 Å². The summed E-state index contributed by atoms with van der Waals surface area (Å²) in [7, 11) is 0. The number of hydrogen-bond acceptors (Lipinski definition) is 5. The Labute approximate surface area is 192 Å². The Hall–Kier alpha value is -3.32. The Morgan fingerprint density at radius 1 is 1.06 bits per heavy atom. The fourth-order valence-electron chi connectivity index (χ4n) is 3.53. The number of nitrogens with one attached hydrogen (secondary N) is 1. The number of hydrogen-bond donors (Lipinski definition) is 1. The van der Waals surface area contributed by atoms with Crippen molar-refractivity contribution in [2.45, 2.75) is 38.6 Å². The van der Waals surface area contributed by atoms with Crippen molar-refractivity contribution in [3.63, 3.8) is 0 Å². The normalized spacial score (nSPS) is 12.0. The maximum atomic E-state index is 12.6. The fraction of sp³-hybridized carbons (Fsp3) is 0.240. The van der Waals surface area contributed by atoms with E-state index < -0.39 is 0 Å². The van der Waals surface area contributed by atoms with E-state index in [4.69, 9.17) is 4.74 Å². The third-order valence-electron chi connectivity index (χ3n) is 5.16. The number of fused-ring (bicyclic) bond motifs is 1. The van der Waals surface area contributed by atoms with Gasteiger partial charge in [-0.25, -0.2) is 0 Å². The summed E-state index contributed by atoms with van der Waals surface area (Å²) in [6.07, 6.45) is -0.260. The van der Waals surface area contributed by atoms with Gasteiger partial charge in [-0.05, 0) is 44.4 Å². The van der Waals surface area contributed by atoms with Crippen LogP contribution in [-0.2, 0) is 11.3 Å². The van der Waals surface area contributed by atoms with E-state index in [1.807, 2.05) is 92.1 Å². The van der Waals surface area contributed by atoms with Crippen molar-refractivity contribution in [3.05, 3.63) is 78.1 Å². The quantitative estimate of drug-likeness (QED) is 0.355. The van der Waals surface area contributed by atoms with Gasteiger partial charge in [0.05, 0.1) is 5.75 Å². The van der Waals surface area contributed by atoms with Crippen molar-refractivity contribution in [1.82, 2.24) is 14.8 Å². The minimum atomic E-state index is -0.260. The van der Waals surface area contributed by atoms with E-state index in [0.717, 1.165) is 28.0 Å². The highest BCUT2D eigenvalue weighted by atomic mass is 32.2. The number of rotatable bonds is 8. The molecule has 0 aliphatic rings. The average Bonchev–Trinajstić information content (AvgIpc) is 3.22. The lowest BCUT2D eigenvalue weighted by Crippen LogP contribution is -2.15. The number of carbonyl (C=O) groups is 1. The highest BCUT2D eigenvalue weighted by Crippen LogP contribution is 2.26. The third-order valence-corrected chi connectivity index (χ3v) is 6.12. The highest BCUT2D eigenvalue weighted by Gasteiger charge is 2.19. The predicted molar refractivity (Wildman–Crippen MR) is 129 cm³/mol. The van der Waals surface area contributed by atoms with Crippen LogP contribution >= 0.6 is 11.8 Å². The van der Waals surface area contributed by atoms with Gasteiger partial charge in [-0.15, -0.1) is 10.2 Å². The van der Waals surface area contributed by atoms with Gasteiger partial charge in [0.15, 0.2) is 17.1 Å². The lowest BCUT2D eigenvalue weighted by atomic mass is 10.1. The molecule has 1 unspecified atom stereocenters. The molecule has 4 rings (SSSR count). The molecule has 1 N–H and O–H groups in total. The zero-order chi connectivity index (χ0) is 22.5. The standard InChI is InChI=1S/C25H26N4O2S/c1-4-29-24(18(3)31-20-14-12-17(2)13-15-20)27-28-25(29)32-16-23(30)26-22-11-7-9-19-8-5-6-10-21(19)22/h5-15,18H,4,16H2,1-3H3,(H,26,30). The van der Waals surface area contributed by atoms with Gasteiger partial charge >= 0.3 is 0 Å². The Morgan fingerprint density at radius 3 is 2.59 bits per heavy atom. The molecule has 3 aromatic carbocycles. The van der Waals surface area contributed by atoms with E-state index in [1.54, 1.807) is 0 Å². The first-order chi connectivity index (χ1) is 15.5. The molecule has 0 radical (unpaired) electrons. The molecule has 1 aromatic heterocycles. The Balaban J connectivity index is 1.41. The molecule has 0 aliphatic carbocycles. The molecule has 6 nitrogen and oxygen atoms in total. The molecule has 0 aliphatic heterocycles. The molecule has 0 bridgehead atoms. The zero-order valence-electron chi connectivity index (χ0n) is 18.4. The second kappa shape index (κ2) is 9.87. The minimum absolute atomic E-state index is 0.0810. The smallest absolute Gasteiger partial charge is 0.234 e. The van der Waals surface area contributed by atoms with Crippen molar-refractivity contribution in [2.75, 3.05) is 11.1 Å². The summed E-state index contributed by atoms with van der Waals surface area (Å²) >= 11 is 1.37. The monoisotopic (exact) mass is 446 g/mol. The molecule has 164 valence electrons. The van der Waals surface area contributed by atoms with Gasteiger partial charge in [-0.2, -0.15) is 0 Å². The highest BCUT2D eigenvalue weighted by molar-refractivity contribution is 7.99. The third kappa shape index (κ3) is 4.94. The molecule has 0 fully saturated rings. The number of benzene rings is 3. The van der Waals surface area contributed by atoms with Crippen LogP contribution in [0.2, 0.25) is 0 Å². The number of ether oxygens (including phenoxy) is 1. The number of nitrogens with zero attached hydrogens (tertiary/aromatic N) is 3. The molecule has 0 spiro atoms. The molecule has 0 saturated carbocycles. The predicted octanol–water partition coefficient (Wildman–Crippen LogP) is 5.63. The minimum Gasteiger partial charge on any atom is -0.483 e. The molecule has 1 heterocycles. The van der Waals surface area contributed by atoms with Gasteiger partial charge in [0.1, 0.15) is 5.75 Å². The maximum Gasteiger partial charge on any atom is 0.234 e. The number of aromatic nitrogens is 3. The molecule has 4 aromatic rings. The number of carbonyl (C=O) groups excluding carboxylic acids is 1. The number of aryl methyl sites for hydroxylation is 1. The number of amides is 1. The van der Waals surface area contributed by atoms with Crippen LogP contribution in [0.15, 0.2) is 71.9 Å². The first kappa shape index (κ1) is 21.9. The van der Waals surface area contributed by atoms with E-state index in [2.05, 4.69) is 15.5 Å². The first-order valence-electron chi connectivity index (χ1n) is 10.6. The number of thioether (sulfide) groups is 1. The van der Waals surface area contributed by atoms with E-state index in [1.165, 1.54) is 17.3 Å². The lowest BCUT2D eigenvalue weighted by Gasteiger charge is -2.15. The van der Waals surface area contributed by atoms with Gasteiger partial charge in [0.25, 0.3) is 0 Å². The SMILES string of the molecule is CCn1c(SCC(=O)Nc2cccc3ccccc23)nnc1C(C)Oc1ccc(C)cc1. The Morgan fingerprint density at radius 2 is 1.81 bits per heavy atom. The van der Waals surface area contributed by atoms with Crippen LogP contribution in [0.5, 0.6) is 5.75 Å². The summed E-state index contributed by atoms with van der Waals surface area (Å²) in [5.74, 6) is 1.69. The largest absolute Gasteiger partial charge is 0.483 e. The van der Waals surface area contributed by atoms with Crippen molar-refractivity contribution in [1.29, 1.82) is 0 Å². The molecule has 1 amide bonds. The van der Waals surface area contributed by atoms with Crippen molar-refractivity contribution in [3.8, 4) is 5.75 Å². The summed E-state index contributed by atoms with van der Waals surface area (Å²) in [6.45, 7) is 6.72. The molecule has 1 atom stereocenters. The molecule has 32 heavy (non-hydrogen) atoms. The van der Waals surface area contributed by atoms with E-state index in [0.29, 0.717) is 11.7 Å². The van der Waals surface area contributed by atoms with Crippen molar-refractivity contribution >= 4 is 34.1 Å². The summed E-state index contributed by atoms with van der Waals surface area (Å²) < 4.78 is 8.04.